The van der Waals surface area contributed by atoms with Crippen LogP contribution in [-0.2, 0) is 9.59 Å². The lowest BCUT2D eigenvalue weighted by Crippen LogP contribution is -2.38. The third-order valence-corrected chi connectivity index (χ3v) is 5.62. The number of ketones is 1. The Morgan fingerprint density at radius 3 is 2.32 bits per heavy atom. The Balaban J connectivity index is 1.72. The highest BCUT2D eigenvalue weighted by atomic mass is 16.5. The lowest BCUT2D eigenvalue weighted by atomic mass is 9.73. The summed E-state index contributed by atoms with van der Waals surface area (Å²) in [7, 11) is 3.16. The standard InChI is InChI=1S/C23H23NO4/c1-27-20-9-8-15(12-21(20)28-2)17-13-22(26)24-18-10-16(11-19(25)23(17)18)14-6-4-3-5-7-14/h3-9,12,16-17H,10-11,13H2,1-2H3,(H,24,26)/t16-,17+/m0/s1. The molecule has 0 spiro atoms. The minimum Gasteiger partial charge on any atom is -0.493 e. The van der Waals surface area contributed by atoms with Crippen molar-refractivity contribution < 1.29 is 19.1 Å². The summed E-state index contributed by atoms with van der Waals surface area (Å²) >= 11 is 0. The second-order valence-corrected chi connectivity index (χ2v) is 7.25. The summed E-state index contributed by atoms with van der Waals surface area (Å²) in [6, 6.07) is 15.6. The molecular formula is C23H23NO4. The van der Waals surface area contributed by atoms with Gasteiger partial charge in [0, 0.05) is 30.0 Å². The molecule has 1 aliphatic heterocycles. The van der Waals surface area contributed by atoms with Gasteiger partial charge >= 0.3 is 0 Å². The Labute approximate surface area is 164 Å². The number of methoxy groups -OCH3 is 2. The number of carbonyl (C=O) groups excluding carboxylic acids is 2. The number of hydrogen-bond acceptors (Lipinski definition) is 4. The summed E-state index contributed by atoms with van der Waals surface area (Å²) < 4.78 is 10.7. The Hall–Kier alpha value is -3.08. The second kappa shape index (κ2) is 7.50. The SMILES string of the molecule is COc1ccc([C@H]2CC(=O)NC3=C2C(=O)C[C@@H](c2ccccc2)C3)cc1OC. The third-order valence-electron chi connectivity index (χ3n) is 5.62. The molecule has 144 valence electrons. The predicted octanol–water partition coefficient (Wildman–Crippen LogP) is 3.71. The molecule has 1 N–H and O–H groups in total. The monoisotopic (exact) mass is 377 g/mol. The fraction of sp³-hybridized carbons (Fsp3) is 0.304. The average Bonchev–Trinajstić information content (AvgIpc) is 2.72. The van der Waals surface area contributed by atoms with Crippen LogP contribution in [0.3, 0.4) is 0 Å². The molecule has 2 aromatic rings. The molecule has 0 fully saturated rings. The first-order chi connectivity index (χ1) is 13.6. The number of allylic oxidation sites excluding steroid dienone is 2. The highest BCUT2D eigenvalue weighted by Crippen LogP contribution is 2.43. The van der Waals surface area contributed by atoms with Gasteiger partial charge in [0.05, 0.1) is 14.2 Å². The minimum atomic E-state index is -0.257. The van der Waals surface area contributed by atoms with Crippen molar-refractivity contribution in [1.82, 2.24) is 5.32 Å². The zero-order valence-electron chi connectivity index (χ0n) is 16.0. The number of benzene rings is 2. The van der Waals surface area contributed by atoms with E-state index in [0.29, 0.717) is 24.3 Å². The van der Waals surface area contributed by atoms with E-state index in [1.807, 2.05) is 48.5 Å². The van der Waals surface area contributed by atoms with Crippen LogP contribution in [0.15, 0.2) is 59.8 Å². The van der Waals surface area contributed by atoms with Gasteiger partial charge in [-0.3, -0.25) is 9.59 Å². The van der Waals surface area contributed by atoms with E-state index in [2.05, 4.69) is 5.32 Å². The van der Waals surface area contributed by atoms with Crippen LogP contribution >= 0.6 is 0 Å². The van der Waals surface area contributed by atoms with Crippen LogP contribution in [0.4, 0.5) is 0 Å². The molecule has 0 aromatic heterocycles. The molecule has 2 atom stereocenters. The molecule has 5 heteroatoms. The Bertz CT molecular complexity index is 948. The van der Waals surface area contributed by atoms with E-state index in [9.17, 15) is 9.59 Å². The molecule has 5 nitrogen and oxygen atoms in total. The van der Waals surface area contributed by atoms with Gasteiger partial charge in [0.1, 0.15) is 0 Å². The summed E-state index contributed by atoms with van der Waals surface area (Å²) in [5.74, 6) is 1.11. The van der Waals surface area contributed by atoms with E-state index in [0.717, 1.165) is 22.4 Å². The molecule has 0 unspecified atom stereocenters. The summed E-state index contributed by atoms with van der Waals surface area (Å²) in [6.45, 7) is 0. The van der Waals surface area contributed by atoms with Gasteiger partial charge in [-0.05, 0) is 35.6 Å². The lowest BCUT2D eigenvalue weighted by Gasteiger charge is -2.34. The largest absolute Gasteiger partial charge is 0.493 e. The molecule has 0 bridgehead atoms. The number of carbonyl (C=O) groups is 2. The molecule has 0 saturated carbocycles. The predicted molar refractivity (Wildman–Crippen MR) is 105 cm³/mol. The Morgan fingerprint density at radius 1 is 0.857 bits per heavy atom. The van der Waals surface area contributed by atoms with Crippen molar-refractivity contribution in [3.63, 3.8) is 0 Å². The highest BCUT2D eigenvalue weighted by Gasteiger charge is 2.38. The highest BCUT2D eigenvalue weighted by molar-refractivity contribution is 6.02. The summed E-state index contributed by atoms with van der Waals surface area (Å²) in [4.78, 5) is 25.5. The number of amides is 1. The van der Waals surface area contributed by atoms with Crippen molar-refractivity contribution in [2.24, 2.45) is 0 Å². The van der Waals surface area contributed by atoms with Gasteiger partial charge in [-0.2, -0.15) is 0 Å². The maximum atomic E-state index is 13.1. The van der Waals surface area contributed by atoms with Crippen molar-refractivity contribution in [2.45, 2.75) is 31.1 Å². The normalized spacial score (nSPS) is 21.8. The van der Waals surface area contributed by atoms with Crippen molar-refractivity contribution >= 4 is 11.7 Å². The van der Waals surface area contributed by atoms with E-state index in [1.165, 1.54) is 0 Å². The third kappa shape index (κ3) is 3.28. The molecule has 0 saturated heterocycles. The number of nitrogens with one attached hydrogen (secondary N) is 1. The molecular weight excluding hydrogens is 354 g/mol. The fourth-order valence-electron chi connectivity index (χ4n) is 4.28. The van der Waals surface area contributed by atoms with E-state index >= 15 is 0 Å². The Kier molecular flexibility index (Phi) is 4.90. The zero-order chi connectivity index (χ0) is 19.7. The van der Waals surface area contributed by atoms with E-state index in [4.69, 9.17) is 9.47 Å². The topological polar surface area (TPSA) is 64.6 Å². The Morgan fingerprint density at radius 2 is 1.61 bits per heavy atom. The average molecular weight is 377 g/mol. The van der Waals surface area contributed by atoms with Gasteiger partial charge in [-0.1, -0.05) is 36.4 Å². The van der Waals surface area contributed by atoms with Gasteiger partial charge in [-0.25, -0.2) is 0 Å². The molecule has 1 aliphatic carbocycles. The number of Topliss-reactive ketones (excluding diaryl/α,β-unsaturated/α-hetero) is 1. The molecule has 1 amide bonds. The molecule has 28 heavy (non-hydrogen) atoms. The number of ether oxygens (including phenoxy) is 2. The van der Waals surface area contributed by atoms with Gasteiger partial charge in [-0.15, -0.1) is 0 Å². The zero-order valence-corrected chi connectivity index (χ0v) is 16.0. The van der Waals surface area contributed by atoms with E-state index < -0.39 is 0 Å². The van der Waals surface area contributed by atoms with Gasteiger partial charge < -0.3 is 14.8 Å². The van der Waals surface area contributed by atoms with Gasteiger partial charge in [0.15, 0.2) is 17.3 Å². The molecule has 2 aliphatic rings. The lowest BCUT2D eigenvalue weighted by molar-refractivity contribution is -0.122. The summed E-state index contributed by atoms with van der Waals surface area (Å²) in [5.41, 5.74) is 3.52. The van der Waals surface area contributed by atoms with Crippen LogP contribution < -0.4 is 14.8 Å². The quantitative estimate of drug-likeness (QED) is 0.882. The second-order valence-electron chi connectivity index (χ2n) is 7.25. The first kappa shape index (κ1) is 18.3. The van der Waals surface area contributed by atoms with Crippen LogP contribution in [0.25, 0.3) is 0 Å². The first-order valence-electron chi connectivity index (χ1n) is 9.43. The minimum absolute atomic E-state index is 0.0555. The first-order valence-corrected chi connectivity index (χ1v) is 9.43. The van der Waals surface area contributed by atoms with Crippen LogP contribution in [-0.4, -0.2) is 25.9 Å². The maximum absolute atomic E-state index is 13.1. The van der Waals surface area contributed by atoms with E-state index in [1.54, 1.807) is 14.2 Å². The fourth-order valence-corrected chi connectivity index (χ4v) is 4.28. The maximum Gasteiger partial charge on any atom is 0.225 e. The molecule has 4 rings (SSSR count). The van der Waals surface area contributed by atoms with E-state index in [-0.39, 0.29) is 29.9 Å². The number of rotatable bonds is 4. The van der Waals surface area contributed by atoms with Gasteiger partial charge in [0.2, 0.25) is 5.91 Å². The van der Waals surface area contributed by atoms with Crippen molar-refractivity contribution in [3.05, 3.63) is 70.9 Å². The van der Waals surface area contributed by atoms with Gasteiger partial charge in [0.25, 0.3) is 0 Å². The molecule has 1 heterocycles. The van der Waals surface area contributed by atoms with Crippen molar-refractivity contribution in [2.75, 3.05) is 14.2 Å². The van der Waals surface area contributed by atoms with Crippen molar-refractivity contribution in [1.29, 1.82) is 0 Å². The molecule has 2 aromatic carbocycles. The molecule has 0 radical (unpaired) electrons. The number of hydrogen-bond donors (Lipinski definition) is 1. The van der Waals surface area contributed by atoms with Crippen LogP contribution in [0.2, 0.25) is 0 Å². The smallest absolute Gasteiger partial charge is 0.225 e. The van der Waals surface area contributed by atoms with Crippen LogP contribution in [0.5, 0.6) is 11.5 Å². The van der Waals surface area contributed by atoms with Crippen molar-refractivity contribution in [3.8, 4) is 11.5 Å². The van der Waals surface area contributed by atoms with Crippen LogP contribution in [0.1, 0.15) is 42.2 Å². The summed E-state index contributed by atoms with van der Waals surface area (Å²) in [5, 5.41) is 2.96. The summed E-state index contributed by atoms with van der Waals surface area (Å²) in [6.07, 6.45) is 1.39. The van der Waals surface area contributed by atoms with Crippen LogP contribution in [0, 0.1) is 0 Å².